The molecule has 5 heteroatoms. The summed E-state index contributed by atoms with van der Waals surface area (Å²) in [6.45, 7) is 10.6. The zero-order valence-corrected chi connectivity index (χ0v) is 14.0. The number of hydrogen-bond donors (Lipinski definition) is 0. The molecule has 0 aliphatic carbocycles. The van der Waals surface area contributed by atoms with Crippen LogP contribution in [0.2, 0.25) is 0 Å². The fourth-order valence-corrected chi connectivity index (χ4v) is 4.22. The molecule has 3 fully saturated rings. The molecule has 0 spiro atoms. The van der Waals surface area contributed by atoms with Gasteiger partial charge in [-0.05, 0) is 25.7 Å². The van der Waals surface area contributed by atoms with Crippen molar-refractivity contribution in [2.75, 3.05) is 52.5 Å². The molecule has 3 aliphatic rings. The molecule has 0 unspecified atom stereocenters. The number of ether oxygens (including phenoxy) is 1. The molecule has 5 nitrogen and oxygen atoms in total. The number of nitrogens with zero attached hydrogens (tertiary/aromatic N) is 3. The van der Waals surface area contributed by atoms with Crippen molar-refractivity contribution in [3.63, 3.8) is 0 Å². The molecule has 3 heterocycles. The van der Waals surface area contributed by atoms with Crippen LogP contribution < -0.4 is 0 Å². The van der Waals surface area contributed by atoms with Gasteiger partial charge in [0.1, 0.15) is 0 Å². The second-order valence-electron chi connectivity index (χ2n) is 6.88. The van der Waals surface area contributed by atoms with Crippen LogP contribution in [0, 0.1) is 0 Å². The predicted molar refractivity (Wildman–Crippen MR) is 86.9 cm³/mol. The van der Waals surface area contributed by atoms with Gasteiger partial charge in [0.2, 0.25) is 5.91 Å². The lowest BCUT2D eigenvalue weighted by Gasteiger charge is -2.45. The smallest absolute Gasteiger partial charge is 0.222 e. The topological polar surface area (TPSA) is 36.0 Å². The Morgan fingerprint density at radius 1 is 0.864 bits per heavy atom. The first-order valence-corrected chi connectivity index (χ1v) is 9.11. The molecule has 0 radical (unpaired) electrons. The van der Waals surface area contributed by atoms with Gasteiger partial charge >= 0.3 is 0 Å². The van der Waals surface area contributed by atoms with Crippen LogP contribution in [-0.4, -0.2) is 85.2 Å². The zero-order chi connectivity index (χ0) is 15.4. The van der Waals surface area contributed by atoms with Gasteiger partial charge in [0.15, 0.2) is 0 Å². The van der Waals surface area contributed by atoms with Crippen LogP contribution >= 0.6 is 0 Å². The number of piperazine rings is 1. The van der Waals surface area contributed by atoms with Crippen molar-refractivity contribution >= 4 is 5.91 Å². The van der Waals surface area contributed by atoms with E-state index in [1.807, 2.05) is 6.92 Å². The molecule has 0 N–H and O–H groups in total. The monoisotopic (exact) mass is 309 g/mol. The van der Waals surface area contributed by atoms with Crippen LogP contribution in [0.25, 0.3) is 0 Å². The van der Waals surface area contributed by atoms with Crippen LogP contribution in [0.4, 0.5) is 0 Å². The van der Waals surface area contributed by atoms with Gasteiger partial charge in [-0.15, -0.1) is 0 Å². The van der Waals surface area contributed by atoms with Crippen molar-refractivity contribution in [3.05, 3.63) is 0 Å². The molecule has 0 aromatic heterocycles. The first kappa shape index (κ1) is 16.2. The third kappa shape index (κ3) is 3.81. The highest BCUT2D eigenvalue weighted by atomic mass is 16.5. The van der Waals surface area contributed by atoms with Crippen molar-refractivity contribution in [3.8, 4) is 0 Å². The van der Waals surface area contributed by atoms with Crippen molar-refractivity contribution < 1.29 is 9.53 Å². The molecule has 126 valence electrons. The number of carbonyl (C=O) groups excluding carboxylic acids is 1. The van der Waals surface area contributed by atoms with Crippen LogP contribution in [-0.2, 0) is 9.53 Å². The third-order valence-electron chi connectivity index (χ3n) is 5.69. The highest BCUT2D eigenvalue weighted by Crippen LogP contribution is 2.21. The fourth-order valence-electron chi connectivity index (χ4n) is 4.22. The summed E-state index contributed by atoms with van der Waals surface area (Å²) < 4.78 is 5.48. The van der Waals surface area contributed by atoms with E-state index in [1.54, 1.807) is 0 Å². The van der Waals surface area contributed by atoms with Crippen molar-refractivity contribution in [2.24, 2.45) is 0 Å². The Labute approximate surface area is 134 Å². The van der Waals surface area contributed by atoms with Gasteiger partial charge in [-0.2, -0.15) is 0 Å². The Morgan fingerprint density at radius 2 is 1.36 bits per heavy atom. The lowest BCUT2D eigenvalue weighted by molar-refractivity contribution is -0.132. The minimum absolute atomic E-state index is 0.322. The van der Waals surface area contributed by atoms with E-state index in [-0.39, 0.29) is 0 Å². The summed E-state index contributed by atoms with van der Waals surface area (Å²) in [5.74, 6) is 0.322. The minimum atomic E-state index is 0.322. The summed E-state index contributed by atoms with van der Waals surface area (Å²) in [5, 5.41) is 0. The van der Waals surface area contributed by atoms with E-state index in [4.69, 9.17) is 4.74 Å². The Kier molecular flexibility index (Phi) is 5.71. The molecule has 0 aromatic rings. The zero-order valence-electron chi connectivity index (χ0n) is 14.0. The number of amides is 1. The number of piperidine rings is 1. The third-order valence-corrected chi connectivity index (χ3v) is 5.69. The summed E-state index contributed by atoms with van der Waals surface area (Å²) in [6.07, 6.45) is 5.37. The number of carbonyl (C=O) groups is 1. The molecule has 1 amide bonds. The van der Waals surface area contributed by atoms with Crippen LogP contribution in [0.5, 0.6) is 0 Å². The quantitative estimate of drug-likeness (QED) is 0.784. The standard InChI is InChI=1S/C17H31N3O2/c1-2-17(21)20-7-3-15(4-8-20)18-9-11-19(12-10-18)16-5-13-22-14-6-16/h15-16H,2-14H2,1H3. The van der Waals surface area contributed by atoms with Crippen LogP contribution in [0.15, 0.2) is 0 Å². The summed E-state index contributed by atoms with van der Waals surface area (Å²) in [5.41, 5.74) is 0. The number of likely N-dealkylation sites (tertiary alicyclic amines) is 1. The summed E-state index contributed by atoms with van der Waals surface area (Å²) >= 11 is 0. The molecule has 3 saturated heterocycles. The maximum atomic E-state index is 11.8. The van der Waals surface area contributed by atoms with Gasteiger partial charge in [-0.1, -0.05) is 6.92 Å². The van der Waals surface area contributed by atoms with E-state index in [0.29, 0.717) is 18.4 Å². The van der Waals surface area contributed by atoms with Crippen molar-refractivity contribution in [2.45, 2.75) is 51.1 Å². The molecule has 0 aromatic carbocycles. The summed E-state index contributed by atoms with van der Waals surface area (Å²) in [7, 11) is 0. The van der Waals surface area contributed by atoms with E-state index < -0.39 is 0 Å². The average molecular weight is 309 g/mol. The normalized spacial score (nSPS) is 27.2. The summed E-state index contributed by atoms with van der Waals surface area (Å²) in [4.78, 5) is 19.2. The van der Waals surface area contributed by atoms with E-state index in [2.05, 4.69) is 14.7 Å². The van der Waals surface area contributed by atoms with Gasteiger partial charge in [0.25, 0.3) is 0 Å². The average Bonchev–Trinajstić information content (AvgIpc) is 2.62. The first-order chi connectivity index (χ1) is 10.8. The van der Waals surface area contributed by atoms with E-state index in [0.717, 1.165) is 45.2 Å². The largest absolute Gasteiger partial charge is 0.381 e. The first-order valence-electron chi connectivity index (χ1n) is 9.11. The molecule has 3 rings (SSSR count). The van der Waals surface area contributed by atoms with Gasteiger partial charge in [-0.25, -0.2) is 0 Å². The highest BCUT2D eigenvalue weighted by Gasteiger charge is 2.30. The Bertz CT molecular complexity index is 355. The molecule has 0 bridgehead atoms. The van der Waals surface area contributed by atoms with E-state index in [9.17, 15) is 4.79 Å². The van der Waals surface area contributed by atoms with Crippen molar-refractivity contribution in [1.82, 2.24) is 14.7 Å². The van der Waals surface area contributed by atoms with Crippen LogP contribution in [0.1, 0.15) is 39.0 Å². The molecule has 0 atom stereocenters. The molecular formula is C17H31N3O2. The maximum Gasteiger partial charge on any atom is 0.222 e. The SMILES string of the molecule is CCC(=O)N1CCC(N2CCN(C3CCOCC3)CC2)CC1. The second kappa shape index (κ2) is 7.75. The molecule has 0 saturated carbocycles. The Morgan fingerprint density at radius 3 is 1.86 bits per heavy atom. The minimum Gasteiger partial charge on any atom is -0.381 e. The lowest BCUT2D eigenvalue weighted by atomic mass is 10.0. The van der Waals surface area contributed by atoms with Gasteiger partial charge < -0.3 is 9.64 Å². The van der Waals surface area contributed by atoms with Gasteiger partial charge in [-0.3, -0.25) is 14.6 Å². The lowest BCUT2D eigenvalue weighted by Crippen LogP contribution is -2.56. The Balaban J connectivity index is 1.41. The van der Waals surface area contributed by atoms with Crippen LogP contribution in [0.3, 0.4) is 0 Å². The summed E-state index contributed by atoms with van der Waals surface area (Å²) in [6, 6.07) is 1.44. The molecule has 3 aliphatic heterocycles. The van der Waals surface area contributed by atoms with E-state index in [1.165, 1.54) is 39.0 Å². The number of rotatable bonds is 3. The highest BCUT2D eigenvalue weighted by molar-refractivity contribution is 5.75. The predicted octanol–water partition coefficient (Wildman–Crippen LogP) is 1.18. The maximum absolute atomic E-state index is 11.8. The van der Waals surface area contributed by atoms with Gasteiger partial charge in [0.05, 0.1) is 0 Å². The molecular weight excluding hydrogens is 278 g/mol. The van der Waals surface area contributed by atoms with Gasteiger partial charge in [0, 0.05) is 71.0 Å². The van der Waals surface area contributed by atoms with Crippen molar-refractivity contribution in [1.29, 1.82) is 0 Å². The van der Waals surface area contributed by atoms with E-state index >= 15 is 0 Å². The molecule has 22 heavy (non-hydrogen) atoms. The second-order valence-corrected chi connectivity index (χ2v) is 6.88. The fraction of sp³-hybridized carbons (Fsp3) is 0.941. The number of hydrogen-bond acceptors (Lipinski definition) is 4. The Hall–Kier alpha value is -0.650.